The smallest absolute Gasteiger partial charge is 0.292 e. The molecular formula is C29H27N9O2. The lowest BCUT2D eigenvalue weighted by molar-refractivity contribution is -0.114. The molecule has 6 heterocycles. The van der Waals surface area contributed by atoms with Gasteiger partial charge in [-0.25, -0.2) is 4.98 Å². The second-order valence-corrected chi connectivity index (χ2v) is 10.4. The standard InChI is InChI=1S/C29H27N9O2/c1-17(39)34-26-13-25(20-11-21-8-9-22(12-20)37(21)29(40)27-31-16-32-36-27)35-28-23(15-33-38(26)28)19-7-10-24(30-14-19)18-5-3-2-4-6-18/h2-7,10,13-16,20-22H,8-9,11-12H2,1H3,(H,34,39)(H,31,32,36)/t20-,21-,22+. The van der Waals surface area contributed by atoms with Crippen LogP contribution in [-0.4, -0.2) is 63.6 Å². The lowest BCUT2D eigenvalue weighted by atomic mass is 9.87. The van der Waals surface area contributed by atoms with Gasteiger partial charge in [0, 0.05) is 59.6 Å². The second kappa shape index (κ2) is 9.67. The molecule has 2 fully saturated rings. The Kier molecular flexibility index (Phi) is 5.84. The van der Waals surface area contributed by atoms with Crippen molar-refractivity contribution < 1.29 is 9.59 Å². The van der Waals surface area contributed by atoms with Crippen LogP contribution in [0.2, 0.25) is 0 Å². The number of aromatic nitrogens is 7. The minimum atomic E-state index is -0.183. The number of benzene rings is 1. The Bertz CT molecular complexity index is 1680. The number of H-pyrrole nitrogens is 1. The van der Waals surface area contributed by atoms with Crippen molar-refractivity contribution in [3.05, 3.63) is 78.8 Å². The molecule has 0 spiro atoms. The number of hydrogen-bond donors (Lipinski definition) is 2. The van der Waals surface area contributed by atoms with E-state index < -0.39 is 0 Å². The first-order valence-electron chi connectivity index (χ1n) is 13.4. The van der Waals surface area contributed by atoms with Crippen molar-refractivity contribution in [2.24, 2.45) is 0 Å². The Labute approximate surface area is 229 Å². The maximum absolute atomic E-state index is 13.1. The van der Waals surface area contributed by atoms with E-state index in [0.29, 0.717) is 11.5 Å². The molecule has 7 rings (SSSR count). The van der Waals surface area contributed by atoms with Crippen molar-refractivity contribution >= 4 is 23.3 Å². The van der Waals surface area contributed by atoms with E-state index in [9.17, 15) is 9.59 Å². The van der Waals surface area contributed by atoms with Crippen molar-refractivity contribution in [3.8, 4) is 22.4 Å². The fraction of sp³-hybridized carbons (Fsp3) is 0.276. The average Bonchev–Trinajstić information content (AvgIpc) is 3.71. The van der Waals surface area contributed by atoms with Gasteiger partial charge in [-0.15, -0.1) is 10.2 Å². The number of pyridine rings is 1. The average molecular weight is 534 g/mol. The predicted molar refractivity (Wildman–Crippen MR) is 147 cm³/mol. The van der Waals surface area contributed by atoms with Gasteiger partial charge in [-0.05, 0) is 31.7 Å². The minimum Gasteiger partial charge on any atom is -0.330 e. The largest absolute Gasteiger partial charge is 0.330 e. The van der Waals surface area contributed by atoms with Gasteiger partial charge in [0.05, 0.1) is 11.9 Å². The zero-order chi connectivity index (χ0) is 27.2. The molecule has 0 aliphatic carbocycles. The molecule has 1 aromatic carbocycles. The van der Waals surface area contributed by atoms with E-state index in [0.717, 1.165) is 53.8 Å². The van der Waals surface area contributed by atoms with Gasteiger partial charge in [-0.3, -0.25) is 14.6 Å². The lowest BCUT2D eigenvalue weighted by Gasteiger charge is -2.38. The van der Waals surface area contributed by atoms with Gasteiger partial charge in [-0.2, -0.15) is 9.61 Å². The molecule has 2 aliphatic rings. The van der Waals surface area contributed by atoms with E-state index in [4.69, 9.17) is 4.98 Å². The predicted octanol–water partition coefficient (Wildman–Crippen LogP) is 4.09. The van der Waals surface area contributed by atoms with Crippen LogP contribution >= 0.6 is 0 Å². The van der Waals surface area contributed by atoms with Gasteiger partial charge in [0.2, 0.25) is 11.7 Å². The molecule has 200 valence electrons. The summed E-state index contributed by atoms with van der Waals surface area (Å²) in [6, 6.07) is 16.2. The molecule has 2 bridgehead atoms. The molecule has 3 atom stereocenters. The highest BCUT2D eigenvalue weighted by Crippen LogP contribution is 2.44. The number of nitrogens with one attached hydrogen (secondary N) is 2. The first kappa shape index (κ1) is 24.1. The Morgan fingerprint density at radius 3 is 2.48 bits per heavy atom. The van der Waals surface area contributed by atoms with Gasteiger partial charge in [-0.1, -0.05) is 36.4 Å². The fourth-order valence-corrected chi connectivity index (χ4v) is 6.18. The molecule has 0 unspecified atom stereocenters. The third-order valence-electron chi connectivity index (χ3n) is 7.94. The highest BCUT2D eigenvalue weighted by atomic mass is 16.2. The molecule has 2 amide bonds. The van der Waals surface area contributed by atoms with Gasteiger partial charge in [0.15, 0.2) is 5.65 Å². The quantitative estimate of drug-likeness (QED) is 0.348. The molecule has 2 saturated heterocycles. The first-order chi connectivity index (χ1) is 19.5. The summed E-state index contributed by atoms with van der Waals surface area (Å²) in [6.07, 6.45) is 8.49. The van der Waals surface area contributed by atoms with Crippen LogP contribution < -0.4 is 5.32 Å². The number of carbonyl (C=O) groups excluding carboxylic acids is 2. The number of aromatic amines is 1. The van der Waals surface area contributed by atoms with Crippen LogP contribution in [0, 0.1) is 0 Å². The normalized spacial score (nSPS) is 20.1. The summed E-state index contributed by atoms with van der Waals surface area (Å²) in [4.78, 5) is 39.8. The number of nitrogens with zero attached hydrogens (tertiary/aromatic N) is 7. The van der Waals surface area contributed by atoms with Gasteiger partial charge >= 0.3 is 0 Å². The first-order valence-corrected chi connectivity index (χ1v) is 13.4. The van der Waals surface area contributed by atoms with Gasteiger partial charge in [0.1, 0.15) is 12.1 Å². The van der Waals surface area contributed by atoms with Crippen molar-refractivity contribution in [1.29, 1.82) is 0 Å². The highest BCUT2D eigenvalue weighted by molar-refractivity contribution is 5.91. The van der Waals surface area contributed by atoms with Crippen LogP contribution in [0.5, 0.6) is 0 Å². The topological polar surface area (TPSA) is 134 Å². The lowest BCUT2D eigenvalue weighted by Crippen LogP contribution is -2.46. The summed E-state index contributed by atoms with van der Waals surface area (Å²) in [5, 5.41) is 15.2. The van der Waals surface area contributed by atoms with E-state index in [1.165, 1.54) is 13.3 Å². The van der Waals surface area contributed by atoms with E-state index in [2.05, 4.69) is 30.6 Å². The molecule has 4 aromatic heterocycles. The van der Waals surface area contributed by atoms with Crippen LogP contribution in [0.25, 0.3) is 28.0 Å². The summed E-state index contributed by atoms with van der Waals surface area (Å²) in [6.45, 7) is 1.48. The number of anilines is 1. The van der Waals surface area contributed by atoms with Crippen molar-refractivity contribution in [1.82, 2.24) is 39.7 Å². The molecular weight excluding hydrogens is 506 g/mol. The Hall–Kier alpha value is -4.93. The van der Waals surface area contributed by atoms with E-state index in [1.54, 1.807) is 10.7 Å². The monoisotopic (exact) mass is 533 g/mol. The molecule has 40 heavy (non-hydrogen) atoms. The number of piperidine rings is 1. The van der Waals surface area contributed by atoms with E-state index in [1.807, 2.05) is 59.6 Å². The molecule has 11 nitrogen and oxygen atoms in total. The molecule has 0 radical (unpaired) electrons. The Morgan fingerprint density at radius 2 is 1.80 bits per heavy atom. The minimum absolute atomic E-state index is 0.0997. The van der Waals surface area contributed by atoms with E-state index >= 15 is 0 Å². The molecule has 11 heteroatoms. The number of carbonyl (C=O) groups is 2. The van der Waals surface area contributed by atoms with Crippen LogP contribution in [0.1, 0.15) is 54.8 Å². The number of amides is 2. The maximum atomic E-state index is 13.1. The van der Waals surface area contributed by atoms with Crippen LogP contribution in [-0.2, 0) is 4.79 Å². The van der Waals surface area contributed by atoms with Crippen molar-refractivity contribution in [3.63, 3.8) is 0 Å². The summed E-state index contributed by atoms with van der Waals surface area (Å²) in [5.41, 5.74) is 5.20. The zero-order valence-electron chi connectivity index (χ0n) is 21.9. The molecule has 2 N–H and O–H groups in total. The summed E-state index contributed by atoms with van der Waals surface area (Å²) in [7, 11) is 0. The molecule has 2 aliphatic heterocycles. The van der Waals surface area contributed by atoms with Crippen LogP contribution in [0.4, 0.5) is 5.82 Å². The fourth-order valence-electron chi connectivity index (χ4n) is 6.18. The SMILES string of the molecule is CC(=O)Nc1cc([C@@H]2C[C@H]3CC[C@@H](C2)N3C(=O)c2nnc[nH]2)nc2c(-c3ccc(-c4ccccc4)nc3)cnn12. The van der Waals surface area contributed by atoms with Crippen LogP contribution in [0.15, 0.2) is 67.3 Å². The number of rotatable bonds is 5. The Balaban J connectivity index is 1.23. The second-order valence-electron chi connectivity index (χ2n) is 10.4. The van der Waals surface area contributed by atoms with Gasteiger partial charge in [0.25, 0.3) is 5.91 Å². The highest BCUT2D eigenvalue weighted by Gasteiger charge is 2.45. The van der Waals surface area contributed by atoms with Crippen LogP contribution in [0.3, 0.4) is 0 Å². The third kappa shape index (κ3) is 4.19. The van der Waals surface area contributed by atoms with Crippen molar-refractivity contribution in [2.75, 3.05) is 5.32 Å². The maximum Gasteiger partial charge on any atom is 0.292 e. The molecule has 0 saturated carbocycles. The summed E-state index contributed by atoms with van der Waals surface area (Å²) < 4.78 is 1.67. The summed E-state index contributed by atoms with van der Waals surface area (Å²) in [5.74, 6) is 0.695. The van der Waals surface area contributed by atoms with Crippen molar-refractivity contribution in [2.45, 2.75) is 50.6 Å². The Morgan fingerprint density at radius 1 is 1.00 bits per heavy atom. The number of hydrogen-bond acceptors (Lipinski definition) is 7. The summed E-state index contributed by atoms with van der Waals surface area (Å²) >= 11 is 0. The van der Waals surface area contributed by atoms with Gasteiger partial charge < -0.3 is 15.2 Å². The van der Waals surface area contributed by atoms with E-state index in [-0.39, 0.29) is 35.6 Å². The zero-order valence-corrected chi connectivity index (χ0v) is 21.9. The molecule has 5 aromatic rings. The number of fused-ring (bicyclic) bond motifs is 3. The third-order valence-corrected chi connectivity index (χ3v) is 7.94.